The van der Waals surface area contributed by atoms with Crippen LogP contribution in [0.1, 0.15) is 21.6 Å². The van der Waals surface area contributed by atoms with Crippen LogP contribution in [-0.2, 0) is 11.3 Å². The first kappa shape index (κ1) is 15.1. The number of hydrogen-bond acceptors (Lipinski definition) is 3. The first-order valence-corrected chi connectivity index (χ1v) is 6.34. The minimum Gasteiger partial charge on any atom is -0.504 e. The molecule has 2 aromatic rings. The summed E-state index contributed by atoms with van der Waals surface area (Å²) in [5, 5.41) is 13.3. The summed E-state index contributed by atoms with van der Waals surface area (Å²) in [6.07, 6.45) is 2.75. The molecule has 0 fully saturated rings. The molecule has 0 bridgehead atoms. The van der Waals surface area contributed by atoms with E-state index in [4.69, 9.17) is 21.4 Å². The number of carboxylic acids is 1. The molecular weight excluding hydrogens is 299 g/mol. The average Bonchev–Trinajstić information content (AvgIpc) is 2.76. The van der Waals surface area contributed by atoms with Crippen LogP contribution in [-0.4, -0.2) is 28.0 Å². The molecule has 21 heavy (non-hydrogen) atoms. The second-order valence-electron chi connectivity index (χ2n) is 4.18. The van der Waals surface area contributed by atoms with Gasteiger partial charge in [0.25, 0.3) is 0 Å². The van der Waals surface area contributed by atoms with Crippen molar-refractivity contribution in [3.05, 3.63) is 58.3 Å². The lowest BCUT2D eigenvalue weighted by molar-refractivity contribution is 0.0689. The summed E-state index contributed by atoms with van der Waals surface area (Å²) in [5.41, 5.74) is 0.837. The normalized spacial score (nSPS) is 11.0. The highest BCUT2D eigenvalue weighted by atomic mass is 35.5. The van der Waals surface area contributed by atoms with Gasteiger partial charge in [-0.1, -0.05) is 23.7 Å². The Balaban J connectivity index is 2.38. The van der Waals surface area contributed by atoms with Gasteiger partial charge in [0.2, 0.25) is 0 Å². The van der Waals surface area contributed by atoms with E-state index in [1.54, 1.807) is 12.1 Å². The first-order valence-electron chi connectivity index (χ1n) is 5.96. The Morgan fingerprint density at radius 2 is 2.14 bits per heavy atom. The second kappa shape index (κ2) is 6.41. The molecule has 0 saturated heterocycles. The number of ether oxygens (including phenoxy) is 1. The molecule has 0 unspecified atom stereocenters. The smallest absolute Gasteiger partial charge is 0.357 e. The number of halogens is 2. The minimum absolute atomic E-state index is 0.171. The van der Waals surface area contributed by atoms with Gasteiger partial charge in [-0.15, -0.1) is 0 Å². The fourth-order valence-corrected chi connectivity index (χ4v) is 2.01. The van der Waals surface area contributed by atoms with E-state index < -0.39 is 5.97 Å². The Hall–Kier alpha value is -2.34. The molecule has 1 aromatic heterocycles. The Bertz CT molecular complexity index is 680. The number of aromatic carboxylic acids is 1. The van der Waals surface area contributed by atoms with Gasteiger partial charge in [0.05, 0.1) is 19.9 Å². The van der Waals surface area contributed by atoms with Crippen LogP contribution in [0.3, 0.4) is 0 Å². The van der Waals surface area contributed by atoms with Gasteiger partial charge < -0.3 is 9.84 Å². The topological polar surface area (TPSA) is 64.3 Å². The Kier molecular flexibility index (Phi) is 4.59. The fraction of sp³-hybridized carbons (Fsp3) is 0.143. The van der Waals surface area contributed by atoms with Crippen LogP contribution < -0.4 is 0 Å². The predicted octanol–water partition coefficient (Wildman–Crippen LogP) is 3.04. The molecule has 0 spiro atoms. The van der Waals surface area contributed by atoms with Crippen LogP contribution in [0.4, 0.5) is 4.39 Å². The third-order valence-electron chi connectivity index (χ3n) is 2.74. The zero-order valence-electron chi connectivity index (χ0n) is 11.1. The molecule has 5 nitrogen and oxygen atoms in total. The Labute approximate surface area is 125 Å². The van der Waals surface area contributed by atoms with Crippen molar-refractivity contribution in [3.8, 4) is 0 Å². The van der Waals surface area contributed by atoms with E-state index in [0.717, 1.165) is 5.56 Å². The van der Waals surface area contributed by atoms with E-state index >= 15 is 0 Å². The van der Waals surface area contributed by atoms with Crippen LogP contribution in [0.15, 0.2) is 30.5 Å². The minimum atomic E-state index is -1.19. The van der Waals surface area contributed by atoms with Gasteiger partial charge in [0.15, 0.2) is 5.69 Å². The number of rotatable bonds is 5. The van der Waals surface area contributed by atoms with Gasteiger partial charge in [-0.25, -0.2) is 13.9 Å². The van der Waals surface area contributed by atoms with E-state index in [-0.39, 0.29) is 28.8 Å². The number of aromatic nitrogens is 2. The van der Waals surface area contributed by atoms with Gasteiger partial charge in [-0.05, 0) is 23.8 Å². The zero-order chi connectivity index (χ0) is 15.4. The van der Waals surface area contributed by atoms with Crippen molar-refractivity contribution in [1.82, 2.24) is 9.78 Å². The SMILES string of the molecule is CO/C=C/c1c(C(=O)O)nn(Cc2ccc(F)cc2)c1Cl. The third kappa shape index (κ3) is 3.41. The lowest BCUT2D eigenvalue weighted by atomic mass is 10.2. The predicted molar refractivity (Wildman–Crippen MR) is 75.7 cm³/mol. The quantitative estimate of drug-likeness (QED) is 0.862. The van der Waals surface area contributed by atoms with Crippen LogP contribution >= 0.6 is 11.6 Å². The molecule has 0 saturated carbocycles. The summed E-state index contributed by atoms with van der Waals surface area (Å²) in [7, 11) is 1.44. The van der Waals surface area contributed by atoms with Crippen LogP contribution in [0, 0.1) is 5.82 Å². The van der Waals surface area contributed by atoms with E-state index in [1.165, 1.54) is 36.3 Å². The van der Waals surface area contributed by atoms with Crippen molar-refractivity contribution in [3.63, 3.8) is 0 Å². The second-order valence-corrected chi connectivity index (χ2v) is 4.54. The highest BCUT2D eigenvalue weighted by molar-refractivity contribution is 6.31. The Morgan fingerprint density at radius 3 is 2.71 bits per heavy atom. The lowest BCUT2D eigenvalue weighted by Gasteiger charge is -2.03. The van der Waals surface area contributed by atoms with E-state index in [1.807, 2.05) is 0 Å². The molecule has 0 radical (unpaired) electrons. The van der Waals surface area contributed by atoms with Crippen molar-refractivity contribution >= 4 is 23.6 Å². The summed E-state index contributed by atoms with van der Waals surface area (Å²) in [6.45, 7) is 0.236. The molecule has 0 amide bonds. The van der Waals surface area contributed by atoms with Gasteiger partial charge in [-0.3, -0.25) is 0 Å². The van der Waals surface area contributed by atoms with Gasteiger partial charge in [0.1, 0.15) is 11.0 Å². The van der Waals surface area contributed by atoms with E-state index in [9.17, 15) is 9.18 Å². The molecule has 1 aromatic carbocycles. The molecule has 7 heteroatoms. The highest BCUT2D eigenvalue weighted by Gasteiger charge is 2.19. The standard InChI is InChI=1S/C14H12ClFN2O3/c1-21-7-6-11-12(14(19)20)17-18(13(11)15)8-9-2-4-10(16)5-3-9/h2-7H,8H2,1H3,(H,19,20)/b7-6+. The van der Waals surface area contributed by atoms with E-state index in [2.05, 4.69) is 5.10 Å². The molecule has 0 aliphatic heterocycles. The summed E-state index contributed by atoms with van der Waals surface area (Å²) < 4.78 is 19.0. The molecule has 110 valence electrons. The monoisotopic (exact) mass is 310 g/mol. The number of carbonyl (C=O) groups is 1. The van der Waals surface area contributed by atoms with Crippen molar-refractivity contribution in [1.29, 1.82) is 0 Å². The third-order valence-corrected chi connectivity index (χ3v) is 3.14. The summed E-state index contributed by atoms with van der Waals surface area (Å²) in [4.78, 5) is 11.2. The molecule has 1 heterocycles. The first-order chi connectivity index (χ1) is 10.0. The maximum absolute atomic E-state index is 12.9. The molecule has 2 rings (SSSR count). The van der Waals surface area contributed by atoms with Crippen molar-refractivity contribution < 1.29 is 19.0 Å². The molecule has 0 aliphatic carbocycles. The number of methoxy groups -OCH3 is 1. The van der Waals surface area contributed by atoms with Crippen LogP contribution in [0.5, 0.6) is 0 Å². The lowest BCUT2D eigenvalue weighted by Crippen LogP contribution is -2.04. The molecule has 1 N–H and O–H groups in total. The van der Waals surface area contributed by atoms with Gasteiger partial charge in [-0.2, -0.15) is 5.10 Å². The van der Waals surface area contributed by atoms with Crippen molar-refractivity contribution in [2.24, 2.45) is 0 Å². The fourth-order valence-electron chi connectivity index (χ4n) is 1.76. The average molecular weight is 311 g/mol. The zero-order valence-corrected chi connectivity index (χ0v) is 11.8. The van der Waals surface area contributed by atoms with Gasteiger partial charge in [0, 0.05) is 5.56 Å². The number of carboxylic acid groups (broad SMARTS) is 1. The maximum atomic E-state index is 12.9. The number of nitrogens with zero attached hydrogens (tertiary/aromatic N) is 2. The van der Waals surface area contributed by atoms with Gasteiger partial charge >= 0.3 is 5.97 Å². The largest absolute Gasteiger partial charge is 0.504 e. The Morgan fingerprint density at radius 1 is 1.48 bits per heavy atom. The number of benzene rings is 1. The molecule has 0 atom stereocenters. The molecule has 0 aliphatic rings. The maximum Gasteiger partial charge on any atom is 0.357 e. The summed E-state index contributed by atoms with van der Waals surface area (Å²) >= 11 is 6.15. The van der Waals surface area contributed by atoms with E-state index in [0.29, 0.717) is 0 Å². The van der Waals surface area contributed by atoms with Crippen molar-refractivity contribution in [2.45, 2.75) is 6.54 Å². The molecular formula is C14H12ClFN2O3. The number of hydrogen-bond donors (Lipinski definition) is 1. The highest BCUT2D eigenvalue weighted by Crippen LogP contribution is 2.23. The summed E-state index contributed by atoms with van der Waals surface area (Å²) in [5.74, 6) is -1.54. The van der Waals surface area contributed by atoms with Crippen molar-refractivity contribution in [2.75, 3.05) is 7.11 Å². The summed E-state index contributed by atoms with van der Waals surface area (Å²) in [6, 6.07) is 5.80. The van der Waals surface area contributed by atoms with Crippen LogP contribution in [0.25, 0.3) is 6.08 Å². The van der Waals surface area contributed by atoms with Crippen LogP contribution in [0.2, 0.25) is 5.15 Å².